The number of pyridine rings is 1. The molecule has 1 saturated heterocycles. The zero-order chi connectivity index (χ0) is 15.4. The molecule has 0 radical (unpaired) electrons. The van der Waals surface area contributed by atoms with E-state index in [9.17, 15) is 0 Å². The minimum Gasteiger partial charge on any atom is -0.383 e. The van der Waals surface area contributed by atoms with Crippen molar-refractivity contribution in [3.8, 4) is 11.4 Å². The maximum Gasteiger partial charge on any atom is 0.244 e. The molecule has 22 heavy (non-hydrogen) atoms. The van der Waals surface area contributed by atoms with Crippen molar-refractivity contribution in [2.24, 2.45) is 0 Å². The predicted octanol–water partition coefficient (Wildman–Crippen LogP) is 1.96. The van der Waals surface area contributed by atoms with Crippen molar-refractivity contribution in [2.45, 2.75) is 18.9 Å². The SMILES string of the molecule is COCCNc1cc(-c2noc(C3CCCN3C)n2)ccn1. The molecule has 7 heteroatoms. The molecule has 0 amide bonds. The Balaban J connectivity index is 1.74. The maximum atomic E-state index is 5.45. The first-order valence-electron chi connectivity index (χ1n) is 7.51. The van der Waals surface area contributed by atoms with E-state index in [0.717, 1.165) is 24.3 Å². The second-order valence-electron chi connectivity index (χ2n) is 5.44. The second-order valence-corrected chi connectivity index (χ2v) is 5.44. The van der Waals surface area contributed by atoms with E-state index >= 15 is 0 Å². The molecule has 1 atom stereocenters. The Bertz CT molecular complexity index is 615. The number of aromatic nitrogens is 3. The summed E-state index contributed by atoms with van der Waals surface area (Å²) < 4.78 is 10.5. The van der Waals surface area contributed by atoms with Crippen LogP contribution in [0, 0.1) is 0 Å². The van der Waals surface area contributed by atoms with Gasteiger partial charge in [0.2, 0.25) is 11.7 Å². The van der Waals surface area contributed by atoms with Gasteiger partial charge in [-0.25, -0.2) is 4.98 Å². The van der Waals surface area contributed by atoms with Gasteiger partial charge in [-0.3, -0.25) is 4.90 Å². The molecule has 0 bridgehead atoms. The van der Waals surface area contributed by atoms with Crippen LogP contribution in [0.15, 0.2) is 22.9 Å². The zero-order valence-corrected chi connectivity index (χ0v) is 13.0. The Kier molecular flexibility index (Phi) is 4.65. The molecule has 1 fully saturated rings. The van der Waals surface area contributed by atoms with Gasteiger partial charge in [-0.15, -0.1) is 0 Å². The van der Waals surface area contributed by atoms with Crippen molar-refractivity contribution in [1.82, 2.24) is 20.0 Å². The Morgan fingerprint density at radius 1 is 1.50 bits per heavy atom. The summed E-state index contributed by atoms with van der Waals surface area (Å²) >= 11 is 0. The lowest BCUT2D eigenvalue weighted by Crippen LogP contribution is -2.17. The van der Waals surface area contributed by atoms with Gasteiger partial charge < -0.3 is 14.6 Å². The Morgan fingerprint density at radius 3 is 3.18 bits per heavy atom. The van der Waals surface area contributed by atoms with Gasteiger partial charge in [0.05, 0.1) is 12.6 Å². The number of ether oxygens (including phenoxy) is 1. The molecular weight excluding hydrogens is 282 g/mol. The lowest BCUT2D eigenvalue weighted by atomic mass is 10.2. The molecular formula is C15H21N5O2. The molecule has 7 nitrogen and oxygen atoms in total. The van der Waals surface area contributed by atoms with E-state index in [2.05, 4.69) is 32.4 Å². The molecule has 2 aromatic rings. The molecule has 0 aliphatic carbocycles. The van der Waals surface area contributed by atoms with E-state index in [1.165, 1.54) is 6.42 Å². The van der Waals surface area contributed by atoms with Gasteiger partial charge in [0, 0.05) is 25.4 Å². The van der Waals surface area contributed by atoms with Crippen LogP contribution in [-0.4, -0.2) is 53.9 Å². The number of likely N-dealkylation sites (tertiary alicyclic amines) is 1. The average Bonchev–Trinajstić information content (AvgIpc) is 3.16. The van der Waals surface area contributed by atoms with Crippen molar-refractivity contribution < 1.29 is 9.26 Å². The second kappa shape index (κ2) is 6.85. The summed E-state index contributed by atoms with van der Waals surface area (Å²) in [5.41, 5.74) is 0.894. The summed E-state index contributed by atoms with van der Waals surface area (Å²) in [6.07, 6.45) is 3.97. The molecule has 1 aliphatic rings. The number of methoxy groups -OCH3 is 1. The minimum atomic E-state index is 0.238. The minimum absolute atomic E-state index is 0.238. The fourth-order valence-electron chi connectivity index (χ4n) is 2.66. The monoisotopic (exact) mass is 303 g/mol. The van der Waals surface area contributed by atoms with Crippen molar-refractivity contribution in [2.75, 3.05) is 39.2 Å². The standard InChI is InChI=1S/C15H21N5O2/c1-20-8-3-4-12(20)15-18-14(19-22-15)11-5-6-16-13(10-11)17-7-9-21-2/h5-6,10,12H,3-4,7-9H2,1-2H3,(H,16,17). The van der Waals surface area contributed by atoms with Crippen molar-refractivity contribution in [1.29, 1.82) is 0 Å². The number of nitrogens with one attached hydrogen (secondary N) is 1. The van der Waals surface area contributed by atoms with Crippen LogP contribution in [-0.2, 0) is 4.74 Å². The number of hydrogen-bond acceptors (Lipinski definition) is 7. The third-order valence-corrected chi connectivity index (χ3v) is 3.88. The van der Waals surface area contributed by atoms with Crippen LogP contribution in [0.2, 0.25) is 0 Å². The zero-order valence-electron chi connectivity index (χ0n) is 13.0. The van der Waals surface area contributed by atoms with Gasteiger partial charge in [0.25, 0.3) is 0 Å². The number of anilines is 1. The first kappa shape index (κ1) is 14.9. The fourth-order valence-corrected chi connectivity index (χ4v) is 2.66. The van der Waals surface area contributed by atoms with Gasteiger partial charge in [0.1, 0.15) is 5.82 Å². The van der Waals surface area contributed by atoms with E-state index in [4.69, 9.17) is 9.26 Å². The summed E-state index contributed by atoms with van der Waals surface area (Å²) in [5.74, 6) is 2.08. The molecule has 1 aliphatic heterocycles. The number of hydrogen-bond donors (Lipinski definition) is 1. The van der Waals surface area contributed by atoms with Crippen LogP contribution in [0.3, 0.4) is 0 Å². The van der Waals surface area contributed by atoms with Crippen LogP contribution in [0.5, 0.6) is 0 Å². The predicted molar refractivity (Wildman–Crippen MR) is 82.5 cm³/mol. The largest absolute Gasteiger partial charge is 0.383 e. The lowest BCUT2D eigenvalue weighted by Gasteiger charge is -2.14. The topological polar surface area (TPSA) is 76.3 Å². The van der Waals surface area contributed by atoms with Crippen molar-refractivity contribution >= 4 is 5.82 Å². The molecule has 1 unspecified atom stereocenters. The van der Waals surface area contributed by atoms with Gasteiger partial charge in [-0.05, 0) is 38.6 Å². The summed E-state index contributed by atoms with van der Waals surface area (Å²) in [6, 6.07) is 4.04. The van der Waals surface area contributed by atoms with Crippen LogP contribution >= 0.6 is 0 Å². The number of nitrogens with zero attached hydrogens (tertiary/aromatic N) is 4. The average molecular weight is 303 g/mol. The Labute approximate surface area is 129 Å². The first-order chi connectivity index (χ1) is 10.8. The van der Waals surface area contributed by atoms with Gasteiger partial charge in [-0.1, -0.05) is 5.16 Å². The molecule has 0 saturated carbocycles. The van der Waals surface area contributed by atoms with E-state index in [-0.39, 0.29) is 6.04 Å². The highest BCUT2D eigenvalue weighted by atomic mass is 16.5. The van der Waals surface area contributed by atoms with Crippen LogP contribution < -0.4 is 5.32 Å². The Hall–Kier alpha value is -1.99. The van der Waals surface area contributed by atoms with Gasteiger partial charge in [0.15, 0.2) is 0 Å². The van der Waals surface area contributed by atoms with E-state index in [1.54, 1.807) is 13.3 Å². The van der Waals surface area contributed by atoms with Crippen molar-refractivity contribution in [3.63, 3.8) is 0 Å². The third kappa shape index (κ3) is 3.26. The molecule has 118 valence electrons. The summed E-state index contributed by atoms with van der Waals surface area (Å²) in [4.78, 5) is 11.1. The van der Waals surface area contributed by atoms with Crippen LogP contribution in [0.4, 0.5) is 5.82 Å². The molecule has 3 heterocycles. The summed E-state index contributed by atoms with van der Waals surface area (Å²) in [6.45, 7) is 2.41. The van der Waals surface area contributed by atoms with E-state index < -0.39 is 0 Å². The highest BCUT2D eigenvalue weighted by Gasteiger charge is 2.27. The maximum absolute atomic E-state index is 5.45. The highest BCUT2D eigenvalue weighted by molar-refractivity contribution is 5.58. The first-order valence-corrected chi connectivity index (χ1v) is 7.51. The van der Waals surface area contributed by atoms with Crippen LogP contribution in [0.1, 0.15) is 24.8 Å². The molecule has 0 spiro atoms. The van der Waals surface area contributed by atoms with E-state index in [1.807, 2.05) is 12.1 Å². The molecule has 2 aromatic heterocycles. The number of rotatable bonds is 6. The van der Waals surface area contributed by atoms with Crippen molar-refractivity contribution in [3.05, 3.63) is 24.2 Å². The quantitative estimate of drug-likeness (QED) is 0.817. The summed E-state index contributed by atoms with van der Waals surface area (Å²) in [7, 11) is 3.76. The molecule has 0 aromatic carbocycles. The normalized spacial score (nSPS) is 18.7. The van der Waals surface area contributed by atoms with E-state index in [0.29, 0.717) is 24.9 Å². The smallest absolute Gasteiger partial charge is 0.244 e. The highest BCUT2D eigenvalue weighted by Crippen LogP contribution is 2.30. The molecule has 3 rings (SSSR count). The van der Waals surface area contributed by atoms with Gasteiger partial charge in [-0.2, -0.15) is 4.98 Å². The fraction of sp³-hybridized carbons (Fsp3) is 0.533. The lowest BCUT2D eigenvalue weighted by molar-refractivity contribution is 0.210. The Morgan fingerprint density at radius 2 is 2.41 bits per heavy atom. The summed E-state index contributed by atoms with van der Waals surface area (Å²) in [5, 5.41) is 7.30. The molecule has 1 N–H and O–H groups in total. The van der Waals surface area contributed by atoms with Gasteiger partial charge >= 0.3 is 0 Å². The third-order valence-electron chi connectivity index (χ3n) is 3.88. The van der Waals surface area contributed by atoms with Crippen LogP contribution in [0.25, 0.3) is 11.4 Å².